The van der Waals surface area contributed by atoms with Gasteiger partial charge in [-0.2, -0.15) is 0 Å². The van der Waals surface area contributed by atoms with Crippen LogP contribution in [-0.4, -0.2) is 26.6 Å². The molecule has 3 aromatic rings. The van der Waals surface area contributed by atoms with Crippen molar-refractivity contribution in [3.05, 3.63) is 83.1 Å². The summed E-state index contributed by atoms with van der Waals surface area (Å²) in [6.07, 6.45) is 1.01. The van der Waals surface area contributed by atoms with E-state index in [2.05, 4.69) is 21.2 Å². The minimum atomic E-state index is -3.81. The van der Waals surface area contributed by atoms with Crippen molar-refractivity contribution >= 4 is 43.2 Å². The van der Waals surface area contributed by atoms with E-state index in [1.807, 2.05) is 18.2 Å². The SMILES string of the molecule is C[C@@H](C(=O)Nc1ccc(Br)cc1F)N(c1ccc(Oc2ccccc2)cc1)S(C)(=O)=O. The maximum absolute atomic E-state index is 14.1. The van der Waals surface area contributed by atoms with Gasteiger partial charge in [-0.1, -0.05) is 34.1 Å². The number of hydrogen-bond acceptors (Lipinski definition) is 4. The highest BCUT2D eigenvalue weighted by Gasteiger charge is 2.29. The Morgan fingerprint density at radius 3 is 2.23 bits per heavy atom. The van der Waals surface area contributed by atoms with Gasteiger partial charge in [0.25, 0.3) is 0 Å². The van der Waals surface area contributed by atoms with Crippen molar-refractivity contribution in [3.8, 4) is 11.5 Å². The number of carbonyl (C=O) groups is 1. The fourth-order valence-corrected chi connectivity index (χ4v) is 4.43. The number of ether oxygens (including phenoxy) is 1. The molecule has 6 nitrogen and oxygen atoms in total. The summed E-state index contributed by atoms with van der Waals surface area (Å²) in [6, 6.07) is 18.5. The van der Waals surface area contributed by atoms with Gasteiger partial charge in [0, 0.05) is 4.47 Å². The van der Waals surface area contributed by atoms with Crippen molar-refractivity contribution in [1.82, 2.24) is 0 Å². The summed E-state index contributed by atoms with van der Waals surface area (Å²) in [6.45, 7) is 1.43. The molecule has 0 heterocycles. The fraction of sp³-hybridized carbons (Fsp3) is 0.136. The van der Waals surface area contributed by atoms with Crippen LogP contribution in [0, 0.1) is 5.82 Å². The molecule has 31 heavy (non-hydrogen) atoms. The van der Waals surface area contributed by atoms with Crippen LogP contribution in [0.1, 0.15) is 6.92 Å². The Bertz CT molecular complexity index is 1170. The maximum Gasteiger partial charge on any atom is 0.248 e. The molecule has 0 aliphatic heterocycles. The van der Waals surface area contributed by atoms with Gasteiger partial charge in [0.15, 0.2) is 0 Å². The number of carbonyl (C=O) groups excluding carboxylic acids is 1. The Kier molecular flexibility index (Phi) is 6.97. The lowest BCUT2D eigenvalue weighted by atomic mass is 10.2. The molecule has 3 rings (SSSR count). The first-order valence-electron chi connectivity index (χ1n) is 9.23. The molecular formula is C22H20BrFN2O4S. The molecule has 0 unspecified atom stereocenters. The largest absolute Gasteiger partial charge is 0.457 e. The number of nitrogens with one attached hydrogen (secondary N) is 1. The molecule has 0 bridgehead atoms. The van der Waals surface area contributed by atoms with Gasteiger partial charge >= 0.3 is 0 Å². The van der Waals surface area contributed by atoms with E-state index in [4.69, 9.17) is 4.74 Å². The van der Waals surface area contributed by atoms with Crippen LogP contribution in [0.3, 0.4) is 0 Å². The van der Waals surface area contributed by atoms with E-state index < -0.39 is 27.8 Å². The van der Waals surface area contributed by atoms with Gasteiger partial charge in [-0.05, 0) is 61.5 Å². The molecule has 9 heteroatoms. The highest BCUT2D eigenvalue weighted by atomic mass is 79.9. The quantitative estimate of drug-likeness (QED) is 0.479. The Balaban J connectivity index is 1.81. The Morgan fingerprint density at radius 1 is 1.03 bits per heavy atom. The molecule has 3 aromatic carbocycles. The summed E-state index contributed by atoms with van der Waals surface area (Å²) in [5, 5.41) is 2.44. The van der Waals surface area contributed by atoms with Crippen molar-refractivity contribution < 1.29 is 22.3 Å². The molecule has 0 aromatic heterocycles. The van der Waals surface area contributed by atoms with Gasteiger partial charge in [-0.3, -0.25) is 9.10 Å². The third-order valence-electron chi connectivity index (χ3n) is 4.35. The number of amides is 1. The van der Waals surface area contributed by atoms with Crippen molar-refractivity contribution in [2.45, 2.75) is 13.0 Å². The lowest BCUT2D eigenvalue weighted by molar-refractivity contribution is -0.116. The third-order valence-corrected chi connectivity index (χ3v) is 6.08. The van der Waals surface area contributed by atoms with Crippen LogP contribution < -0.4 is 14.4 Å². The van der Waals surface area contributed by atoms with Gasteiger partial charge in [0.1, 0.15) is 23.4 Å². The first kappa shape index (κ1) is 22.8. The zero-order valence-corrected chi connectivity index (χ0v) is 19.2. The highest BCUT2D eigenvalue weighted by molar-refractivity contribution is 9.10. The van der Waals surface area contributed by atoms with Gasteiger partial charge in [-0.15, -0.1) is 0 Å². The van der Waals surface area contributed by atoms with Crippen molar-refractivity contribution in [1.29, 1.82) is 0 Å². The summed E-state index contributed by atoms with van der Waals surface area (Å²) in [5.41, 5.74) is 0.238. The summed E-state index contributed by atoms with van der Waals surface area (Å²) in [7, 11) is -3.81. The monoisotopic (exact) mass is 506 g/mol. The van der Waals surface area contributed by atoms with E-state index in [1.54, 1.807) is 42.5 Å². The summed E-state index contributed by atoms with van der Waals surface area (Å²) >= 11 is 3.15. The zero-order chi connectivity index (χ0) is 22.6. The first-order chi connectivity index (χ1) is 14.6. The minimum absolute atomic E-state index is 0.0416. The number of benzene rings is 3. The molecule has 1 atom stereocenters. The second kappa shape index (κ2) is 9.49. The number of para-hydroxylation sites is 1. The van der Waals surface area contributed by atoms with E-state index in [9.17, 15) is 17.6 Å². The van der Waals surface area contributed by atoms with Crippen LogP contribution in [-0.2, 0) is 14.8 Å². The predicted octanol–water partition coefficient (Wildman–Crippen LogP) is 5.17. The topological polar surface area (TPSA) is 75.7 Å². The van der Waals surface area contributed by atoms with E-state index in [1.165, 1.54) is 19.1 Å². The molecule has 1 amide bonds. The second-order valence-electron chi connectivity index (χ2n) is 6.76. The first-order valence-corrected chi connectivity index (χ1v) is 11.9. The Hall–Kier alpha value is -2.91. The van der Waals surface area contributed by atoms with Gasteiger partial charge in [-0.25, -0.2) is 12.8 Å². The van der Waals surface area contributed by atoms with E-state index in [0.29, 0.717) is 16.0 Å². The average Bonchev–Trinajstić information content (AvgIpc) is 2.71. The van der Waals surface area contributed by atoms with Crippen LogP contribution in [0.2, 0.25) is 0 Å². The molecular weight excluding hydrogens is 487 g/mol. The molecule has 162 valence electrons. The molecule has 0 aliphatic rings. The maximum atomic E-state index is 14.1. The molecule has 1 N–H and O–H groups in total. The van der Waals surface area contributed by atoms with Crippen molar-refractivity contribution in [2.75, 3.05) is 15.9 Å². The number of hydrogen-bond donors (Lipinski definition) is 1. The van der Waals surface area contributed by atoms with Crippen molar-refractivity contribution in [3.63, 3.8) is 0 Å². The van der Waals surface area contributed by atoms with Crippen LogP contribution in [0.4, 0.5) is 15.8 Å². The van der Waals surface area contributed by atoms with Crippen molar-refractivity contribution in [2.24, 2.45) is 0 Å². The van der Waals surface area contributed by atoms with Crippen LogP contribution in [0.25, 0.3) is 0 Å². The normalized spacial score (nSPS) is 12.1. The second-order valence-corrected chi connectivity index (χ2v) is 9.53. The Morgan fingerprint density at radius 2 is 1.65 bits per heavy atom. The lowest BCUT2D eigenvalue weighted by Gasteiger charge is -2.28. The van der Waals surface area contributed by atoms with Gasteiger partial charge in [0.2, 0.25) is 15.9 Å². The number of halogens is 2. The average molecular weight is 507 g/mol. The predicted molar refractivity (Wildman–Crippen MR) is 122 cm³/mol. The molecule has 0 saturated carbocycles. The number of anilines is 2. The number of rotatable bonds is 7. The molecule has 0 aliphatic carbocycles. The molecule has 0 spiro atoms. The standard InChI is InChI=1S/C22H20BrFN2O4S/c1-15(22(27)25-21-13-8-16(23)14-20(21)24)26(31(2,28)29)17-9-11-19(12-10-17)30-18-6-4-3-5-7-18/h3-15H,1-2H3,(H,25,27)/t15-/m0/s1. The highest BCUT2D eigenvalue weighted by Crippen LogP contribution is 2.27. The number of sulfonamides is 1. The van der Waals surface area contributed by atoms with E-state index >= 15 is 0 Å². The lowest BCUT2D eigenvalue weighted by Crippen LogP contribution is -2.45. The third kappa shape index (κ3) is 5.83. The fourth-order valence-electron chi connectivity index (χ4n) is 2.92. The zero-order valence-electron chi connectivity index (χ0n) is 16.7. The van der Waals surface area contributed by atoms with E-state index in [-0.39, 0.29) is 11.4 Å². The Labute approximate surface area is 188 Å². The molecule has 0 fully saturated rings. The summed E-state index contributed by atoms with van der Waals surface area (Å²) < 4.78 is 46.2. The summed E-state index contributed by atoms with van der Waals surface area (Å²) in [4.78, 5) is 12.7. The molecule has 0 radical (unpaired) electrons. The minimum Gasteiger partial charge on any atom is -0.457 e. The van der Waals surface area contributed by atoms with Gasteiger partial charge in [0.05, 0.1) is 17.6 Å². The summed E-state index contributed by atoms with van der Waals surface area (Å²) in [5.74, 6) is -0.156. The van der Waals surface area contributed by atoms with Crippen LogP contribution in [0.15, 0.2) is 77.3 Å². The molecule has 0 saturated heterocycles. The number of nitrogens with zero attached hydrogens (tertiary/aromatic N) is 1. The van der Waals surface area contributed by atoms with E-state index in [0.717, 1.165) is 10.6 Å². The van der Waals surface area contributed by atoms with Crippen LogP contribution >= 0.6 is 15.9 Å². The van der Waals surface area contributed by atoms with Crippen LogP contribution in [0.5, 0.6) is 11.5 Å². The van der Waals surface area contributed by atoms with Gasteiger partial charge < -0.3 is 10.1 Å². The smallest absolute Gasteiger partial charge is 0.248 e.